The molecule has 1 fully saturated rings. The van der Waals surface area contributed by atoms with Crippen molar-refractivity contribution < 1.29 is 0 Å². The van der Waals surface area contributed by atoms with Crippen molar-refractivity contribution in [3.05, 3.63) is 29.8 Å². The average molecular weight is 347 g/mol. The first-order chi connectivity index (χ1) is 8.85. The van der Waals surface area contributed by atoms with Crippen LogP contribution in [-0.2, 0) is 4.18 Å². The topological polar surface area (TPSA) is 3.24 Å². The van der Waals surface area contributed by atoms with Crippen molar-refractivity contribution in [1.29, 1.82) is 0 Å². The Morgan fingerprint density at radius 3 is 2.33 bits per heavy atom. The molecule has 2 rings (SSSR count). The molecule has 0 amide bonds. The molecule has 2 heteroatoms. The van der Waals surface area contributed by atoms with E-state index in [0.717, 1.165) is 13.1 Å². The number of hydrogen-bond donors (Lipinski definition) is 0. The molecule has 1 nitrogen and oxygen atoms in total. The summed E-state index contributed by atoms with van der Waals surface area (Å²) in [7, 11) is 0. The molecule has 1 saturated heterocycles. The van der Waals surface area contributed by atoms with E-state index in [1.165, 1.54) is 29.1 Å². The monoisotopic (exact) mass is 347 g/mol. The predicted octanol–water partition coefficient (Wildman–Crippen LogP) is 4.29. The van der Waals surface area contributed by atoms with Gasteiger partial charge in [0, 0.05) is 0 Å². The van der Waals surface area contributed by atoms with Crippen LogP contribution < -0.4 is 4.90 Å². The van der Waals surface area contributed by atoms with Crippen molar-refractivity contribution in [3.8, 4) is 0 Å². The molecule has 0 N–H and O–H groups in total. The van der Waals surface area contributed by atoms with Crippen molar-refractivity contribution in [2.45, 2.75) is 45.6 Å². The van der Waals surface area contributed by atoms with Crippen LogP contribution in [-0.4, -0.2) is 34.5 Å². The number of hydrogen-bond acceptors (Lipinski definition) is 1. The van der Waals surface area contributed by atoms with Crippen molar-refractivity contribution in [1.82, 2.24) is 0 Å². The van der Waals surface area contributed by atoms with E-state index in [-0.39, 0.29) is 0 Å². The molecule has 0 radical (unpaired) electrons. The maximum absolute atomic E-state index is 2.52. The van der Waals surface area contributed by atoms with E-state index in [9.17, 15) is 0 Å². The summed E-state index contributed by atoms with van der Waals surface area (Å²) in [4.78, 5) is 2.52. The van der Waals surface area contributed by atoms with Crippen molar-refractivity contribution in [2.75, 3.05) is 18.0 Å². The van der Waals surface area contributed by atoms with Crippen LogP contribution in [0.4, 0.5) is 5.69 Å². The van der Waals surface area contributed by atoms with E-state index in [1.54, 1.807) is 13.9 Å². The third-order valence-corrected chi connectivity index (χ3v) is 14.2. The Hall–Kier alpha value is -0.110. The molecule has 1 aromatic carbocycles. The van der Waals surface area contributed by atoms with Gasteiger partial charge in [-0.3, -0.25) is 0 Å². The zero-order chi connectivity index (χ0) is 12.8. The van der Waals surface area contributed by atoms with Crippen LogP contribution in [0.3, 0.4) is 0 Å². The SMILES string of the molecule is CCN(CC)c1ccccc1[CH2][In]1[CH2]CCC[CH2]1. The van der Waals surface area contributed by atoms with Crippen LogP contribution in [0.5, 0.6) is 0 Å². The minimum absolute atomic E-state index is 1.13. The Labute approximate surface area is 120 Å². The molecule has 1 heterocycles. The summed E-state index contributed by atoms with van der Waals surface area (Å²) in [6.45, 7) is 6.80. The minimum atomic E-state index is -1.19. The number of nitrogens with zero attached hydrogens (tertiary/aromatic N) is 1. The third kappa shape index (κ3) is 3.69. The van der Waals surface area contributed by atoms with Crippen LogP contribution in [0.1, 0.15) is 38.7 Å². The van der Waals surface area contributed by atoms with E-state index < -0.39 is 21.4 Å². The van der Waals surface area contributed by atoms with E-state index in [0.29, 0.717) is 0 Å². The van der Waals surface area contributed by atoms with Crippen LogP contribution >= 0.6 is 0 Å². The first kappa shape index (κ1) is 14.3. The Balaban J connectivity index is 2.10. The van der Waals surface area contributed by atoms with Gasteiger partial charge in [0.1, 0.15) is 0 Å². The molecular formula is C16H26InN. The van der Waals surface area contributed by atoms with Gasteiger partial charge in [-0.05, 0) is 0 Å². The summed E-state index contributed by atoms with van der Waals surface area (Å²) in [5, 5.41) is 0. The van der Waals surface area contributed by atoms with Gasteiger partial charge in [0.15, 0.2) is 0 Å². The van der Waals surface area contributed by atoms with Crippen LogP contribution in [0.2, 0.25) is 8.35 Å². The standard InChI is InChI=1S/C11H16N.C5H10.In/c1-4-12(5-2)11-9-7-6-8-10(11)3;1-3-5-4-2;/h6-9H,3-5H2,1-2H3;1-5H2;. The summed E-state index contributed by atoms with van der Waals surface area (Å²) in [5.74, 6) is 0. The molecule has 0 atom stereocenters. The quantitative estimate of drug-likeness (QED) is 0.768. The summed E-state index contributed by atoms with van der Waals surface area (Å²) < 4.78 is 4.79. The molecule has 18 heavy (non-hydrogen) atoms. The zero-order valence-electron chi connectivity index (χ0n) is 12.0. The summed E-state index contributed by atoms with van der Waals surface area (Å²) in [5.41, 5.74) is 3.17. The third-order valence-electron chi connectivity index (χ3n) is 4.33. The Bertz CT molecular complexity index is 354. The van der Waals surface area contributed by atoms with Gasteiger partial charge >= 0.3 is 121 Å². The fourth-order valence-electron chi connectivity index (χ4n) is 3.26. The van der Waals surface area contributed by atoms with Gasteiger partial charge in [-0.15, -0.1) is 0 Å². The Morgan fingerprint density at radius 1 is 1.00 bits per heavy atom. The molecule has 0 spiro atoms. The number of anilines is 1. The molecule has 0 unspecified atom stereocenters. The first-order valence-electron chi connectivity index (χ1n) is 7.68. The molecule has 0 aliphatic carbocycles. The Morgan fingerprint density at radius 2 is 1.67 bits per heavy atom. The number of para-hydroxylation sites is 1. The van der Waals surface area contributed by atoms with Gasteiger partial charge in [0.25, 0.3) is 0 Å². The van der Waals surface area contributed by atoms with Gasteiger partial charge in [0.05, 0.1) is 0 Å². The Kier molecular flexibility index (Phi) is 5.94. The van der Waals surface area contributed by atoms with Crippen molar-refractivity contribution in [2.24, 2.45) is 0 Å². The van der Waals surface area contributed by atoms with Crippen LogP contribution in [0.25, 0.3) is 0 Å². The molecule has 0 bridgehead atoms. The van der Waals surface area contributed by atoms with Gasteiger partial charge in [-0.2, -0.15) is 0 Å². The van der Waals surface area contributed by atoms with Crippen LogP contribution in [0.15, 0.2) is 24.3 Å². The molecule has 1 aliphatic rings. The predicted molar refractivity (Wildman–Crippen MR) is 82.9 cm³/mol. The maximum atomic E-state index is 2.52. The molecule has 1 aliphatic heterocycles. The first-order valence-corrected chi connectivity index (χ1v) is 14.7. The van der Waals surface area contributed by atoms with E-state index >= 15 is 0 Å². The van der Waals surface area contributed by atoms with Gasteiger partial charge in [-0.25, -0.2) is 0 Å². The van der Waals surface area contributed by atoms with E-state index in [2.05, 4.69) is 43.0 Å². The number of rotatable bonds is 5. The van der Waals surface area contributed by atoms with E-state index in [4.69, 9.17) is 0 Å². The fraction of sp³-hybridized carbons (Fsp3) is 0.625. The average Bonchev–Trinajstić information content (AvgIpc) is 2.43. The zero-order valence-corrected chi connectivity index (χ0v) is 15.3. The number of benzene rings is 1. The van der Waals surface area contributed by atoms with Crippen molar-refractivity contribution >= 4 is 27.1 Å². The molecule has 0 aromatic heterocycles. The normalized spacial score (nSPS) is 15.8. The van der Waals surface area contributed by atoms with Gasteiger partial charge in [0.2, 0.25) is 0 Å². The molecular weight excluding hydrogens is 321 g/mol. The molecule has 98 valence electrons. The van der Waals surface area contributed by atoms with Crippen molar-refractivity contribution in [3.63, 3.8) is 0 Å². The second-order valence-electron chi connectivity index (χ2n) is 5.51. The van der Waals surface area contributed by atoms with Gasteiger partial charge in [-0.1, -0.05) is 0 Å². The fourth-order valence-corrected chi connectivity index (χ4v) is 13.0. The summed E-state index contributed by atoms with van der Waals surface area (Å²) in [6, 6.07) is 9.15. The second kappa shape index (κ2) is 7.47. The summed E-state index contributed by atoms with van der Waals surface area (Å²) >= 11 is -1.19. The summed E-state index contributed by atoms with van der Waals surface area (Å²) in [6.07, 6.45) is 4.58. The van der Waals surface area contributed by atoms with Crippen LogP contribution in [0, 0.1) is 0 Å². The second-order valence-corrected chi connectivity index (χ2v) is 14.9. The molecule has 0 saturated carbocycles. The molecule has 1 aromatic rings. The van der Waals surface area contributed by atoms with Gasteiger partial charge < -0.3 is 0 Å². The van der Waals surface area contributed by atoms with E-state index in [1.807, 2.05) is 0 Å².